The fourth-order valence-corrected chi connectivity index (χ4v) is 4.85. The number of aliphatic hydroxyl groups is 1. The fourth-order valence-electron chi connectivity index (χ4n) is 3.15. The van der Waals surface area contributed by atoms with E-state index in [1.54, 1.807) is 24.3 Å². The summed E-state index contributed by atoms with van der Waals surface area (Å²) in [4.78, 5) is 28.9. The number of carbonyl (C=O) groups excluding carboxylic acids is 2. The Morgan fingerprint density at radius 1 is 1.04 bits per heavy atom. The van der Waals surface area contributed by atoms with Crippen LogP contribution in [0.1, 0.15) is 26.2 Å². The summed E-state index contributed by atoms with van der Waals surface area (Å²) in [6.07, 6.45) is 0. The van der Waals surface area contributed by atoms with Crippen molar-refractivity contribution in [3.63, 3.8) is 0 Å². The Balaban J connectivity index is 1.90. The monoisotopic (exact) mass is 381 g/mol. The molecule has 0 bridgehead atoms. The van der Waals surface area contributed by atoms with E-state index in [1.165, 1.54) is 27.6 Å². The van der Waals surface area contributed by atoms with Gasteiger partial charge in [-0.25, -0.2) is 0 Å². The average molecular weight is 381 g/mol. The summed E-state index contributed by atoms with van der Waals surface area (Å²) in [5.74, 6) is -1.32. The van der Waals surface area contributed by atoms with Gasteiger partial charge in [-0.2, -0.15) is 0 Å². The number of para-hydroxylation sites is 1. The number of carbonyl (C=O) groups is 2. The number of ketones is 1. The van der Waals surface area contributed by atoms with E-state index in [0.29, 0.717) is 10.6 Å². The third kappa shape index (κ3) is 2.58. The Morgan fingerprint density at radius 3 is 2.42 bits per heavy atom. The SMILES string of the molecule is Cc1ccsc1C1C(C(=O)c2cccs2)=C(O)C(=O)N1c1ccccc1. The lowest BCUT2D eigenvalue weighted by molar-refractivity contribution is -0.117. The molecule has 2 aromatic heterocycles. The number of amides is 1. The van der Waals surface area contributed by atoms with Crippen LogP contribution in [0.25, 0.3) is 0 Å². The molecule has 0 aliphatic carbocycles. The third-order valence-electron chi connectivity index (χ3n) is 4.38. The van der Waals surface area contributed by atoms with Crippen molar-refractivity contribution in [3.05, 3.63) is 85.9 Å². The molecule has 1 aliphatic heterocycles. The van der Waals surface area contributed by atoms with Crippen LogP contribution in [-0.4, -0.2) is 16.8 Å². The van der Waals surface area contributed by atoms with Crippen LogP contribution in [0.2, 0.25) is 0 Å². The highest BCUT2D eigenvalue weighted by atomic mass is 32.1. The average Bonchev–Trinajstić information content (AvgIpc) is 3.37. The van der Waals surface area contributed by atoms with Gasteiger partial charge in [0.25, 0.3) is 5.91 Å². The number of anilines is 1. The topological polar surface area (TPSA) is 57.6 Å². The van der Waals surface area contributed by atoms with Crippen LogP contribution in [0.15, 0.2) is 70.6 Å². The molecule has 1 N–H and O–H groups in total. The minimum Gasteiger partial charge on any atom is -0.503 e. The molecule has 3 heterocycles. The van der Waals surface area contributed by atoms with Crippen molar-refractivity contribution in [2.75, 3.05) is 4.90 Å². The molecule has 1 atom stereocenters. The van der Waals surface area contributed by atoms with Crippen molar-refractivity contribution in [2.45, 2.75) is 13.0 Å². The van der Waals surface area contributed by atoms with Gasteiger partial charge in [-0.05, 0) is 47.5 Å². The maximum absolute atomic E-state index is 13.1. The summed E-state index contributed by atoms with van der Waals surface area (Å²) in [5, 5.41) is 14.3. The van der Waals surface area contributed by atoms with Crippen LogP contribution in [0.5, 0.6) is 0 Å². The lowest BCUT2D eigenvalue weighted by Gasteiger charge is -2.26. The second-order valence-electron chi connectivity index (χ2n) is 5.95. The number of rotatable bonds is 4. The molecule has 4 rings (SSSR count). The van der Waals surface area contributed by atoms with Crippen LogP contribution in [-0.2, 0) is 4.79 Å². The van der Waals surface area contributed by atoms with E-state index in [9.17, 15) is 14.7 Å². The number of aliphatic hydroxyl groups excluding tert-OH is 1. The van der Waals surface area contributed by atoms with Crippen molar-refractivity contribution >= 4 is 40.1 Å². The highest BCUT2D eigenvalue weighted by Gasteiger charge is 2.45. The van der Waals surface area contributed by atoms with Gasteiger partial charge < -0.3 is 5.11 Å². The van der Waals surface area contributed by atoms with E-state index in [4.69, 9.17) is 0 Å². The molecule has 3 aromatic rings. The summed E-state index contributed by atoms with van der Waals surface area (Å²) in [6, 6.07) is 14.0. The van der Waals surface area contributed by atoms with Crippen molar-refractivity contribution < 1.29 is 14.7 Å². The molecular weight excluding hydrogens is 366 g/mol. The maximum atomic E-state index is 13.1. The van der Waals surface area contributed by atoms with Gasteiger partial charge in [0.15, 0.2) is 5.76 Å². The predicted octanol–water partition coefficient (Wildman–Crippen LogP) is 4.90. The minimum absolute atomic E-state index is 0.145. The normalized spacial score (nSPS) is 17.2. The first kappa shape index (κ1) is 16.8. The van der Waals surface area contributed by atoms with E-state index < -0.39 is 17.7 Å². The van der Waals surface area contributed by atoms with Crippen LogP contribution in [0.3, 0.4) is 0 Å². The number of aryl methyl sites for hydroxylation is 1. The first-order valence-corrected chi connectivity index (χ1v) is 9.79. The minimum atomic E-state index is -0.625. The van der Waals surface area contributed by atoms with Crippen LogP contribution < -0.4 is 4.90 Å². The molecule has 0 spiro atoms. The van der Waals surface area contributed by atoms with E-state index in [0.717, 1.165) is 10.4 Å². The molecule has 0 saturated heterocycles. The molecule has 1 amide bonds. The molecule has 4 nitrogen and oxygen atoms in total. The molecule has 130 valence electrons. The standard InChI is InChI=1S/C20H15NO3S2/c1-12-9-11-26-19(12)16-15(17(22)14-8-5-10-25-14)18(23)20(24)21(16)13-6-3-2-4-7-13/h2-11,16,23H,1H3. The molecule has 0 radical (unpaired) electrons. The number of nitrogens with zero attached hydrogens (tertiary/aromatic N) is 1. The summed E-state index contributed by atoms with van der Waals surface area (Å²) in [7, 11) is 0. The van der Waals surface area contributed by atoms with Gasteiger partial charge >= 0.3 is 0 Å². The lowest BCUT2D eigenvalue weighted by atomic mass is 9.99. The molecule has 0 fully saturated rings. The lowest BCUT2D eigenvalue weighted by Crippen LogP contribution is -2.30. The number of Topliss-reactive ketones (excluding diaryl/α,β-unsaturated/α-hetero) is 1. The molecular formula is C20H15NO3S2. The van der Waals surface area contributed by atoms with Gasteiger partial charge in [0.1, 0.15) is 6.04 Å². The summed E-state index contributed by atoms with van der Waals surface area (Å²) >= 11 is 2.78. The Kier molecular flexibility index (Phi) is 4.22. The molecule has 0 saturated carbocycles. The van der Waals surface area contributed by atoms with Crippen molar-refractivity contribution in [2.24, 2.45) is 0 Å². The molecule has 1 aromatic carbocycles. The largest absolute Gasteiger partial charge is 0.503 e. The van der Waals surface area contributed by atoms with Crippen LogP contribution in [0.4, 0.5) is 5.69 Å². The second kappa shape index (κ2) is 6.55. The van der Waals surface area contributed by atoms with Crippen molar-refractivity contribution in [1.82, 2.24) is 0 Å². The second-order valence-corrected chi connectivity index (χ2v) is 7.85. The van der Waals surface area contributed by atoms with E-state index in [2.05, 4.69) is 0 Å². The van der Waals surface area contributed by atoms with E-state index >= 15 is 0 Å². The summed E-state index contributed by atoms with van der Waals surface area (Å²) in [6.45, 7) is 1.95. The summed E-state index contributed by atoms with van der Waals surface area (Å²) in [5.41, 5.74) is 1.78. The molecule has 1 aliphatic rings. The highest BCUT2D eigenvalue weighted by Crippen LogP contribution is 2.44. The highest BCUT2D eigenvalue weighted by molar-refractivity contribution is 7.12. The number of benzene rings is 1. The zero-order valence-corrected chi connectivity index (χ0v) is 15.5. The molecule has 6 heteroatoms. The Bertz CT molecular complexity index is 1000. The van der Waals surface area contributed by atoms with Gasteiger partial charge in [-0.3, -0.25) is 14.5 Å². The number of hydrogen-bond donors (Lipinski definition) is 1. The molecule has 1 unspecified atom stereocenters. The van der Waals surface area contributed by atoms with Gasteiger partial charge in [-0.15, -0.1) is 22.7 Å². The van der Waals surface area contributed by atoms with Crippen LogP contribution in [0, 0.1) is 6.92 Å². The van der Waals surface area contributed by atoms with Gasteiger partial charge in [0.2, 0.25) is 5.78 Å². The number of hydrogen-bond acceptors (Lipinski definition) is 5. The predicted molar refractivity (Wildman–Crippen MR) is 104 cm³/mol. The zero-order valence-electron chi connectivity index (χ0n) is 13.9. The van der Waals surface area contributed by atoms with Crippen molar-refractivity contribution in [1.29, 1.82) is 0 Å². The zero-order chi connectivity index (χ0) is 18.3. The van der Waals surface area contributed by atoms with Gasteiger partial charge in [-0.1, -0.05) is 24.3 Å². The first-order chi connectivity index (χ1) is 12.6. The van der Waals surface area contributed by atoms with Gasteiger partial charge in [0.05, 0.1) is 10.5 Å². The number of thiophene rings is 2. The first-order valence-electron chi connectivity index (χ1n) is 8.03. The Hall–Kier alpha value is -2.70. The van der Waals surface area contributed by atoms with E-state index in [-0.39, 0.29) is 11.4 Å². The summed E-state index contributed by atoms with van der Waals surface area (Å²) < 4.78 is 0. The third-order valence-corrected chi connectivity index (χ3v) is 6.32. The van der Waals surface area contributed by atoms with Crippen LogP contribution >= 0.6 is 22.7 Å². The molecule has 26 heavy (non-hydrogen) atoms. The Morgan fingerprint density at radius 2 is 1.81 bits per heavy atom. The maximum Gasteiger partial charge on any atom is 0.294 e. The van der Waals surface area contributed by atoms with Crippen molar-refractivity contribution in [3.8, 4) is 0 Å². The fraction of sp³-hybridized carbons (Fsp3) is 0.100. The quantitative estimate of drug-likeness (QED) is 0.654. The van der Waals surface area contributed by atoms with Gasteiger partial charge in [0, 0.05) is 10.6 Å². The van der Waals surface area contributed by atoms with E-state index in [1.807, 2.05) is 41.9 Å². The Labute approximate surface area is 158 Å². The smallest absolute Gasteiger partial charge is 0.294 e.